The van der Waals surface area contributed by atoms with Gasteiger partial charge in [-0.2, -0.15) is 0 Å². The van der Waals surface area contributed by atoms with Crippen LogP contribution >= 0.6 is 0 Å². The van der Waals surface area contributed by atoms with Crippen LogP contribution in [0.15, 0.2) is 12.1 Å². The van der Waals surface area contributed by atoms with E-state index in [0.29, 0.717) is 6.42 Å². The summed E-state index contributed by atoms with van der Waals surface area (Å²) in [5.41, 5.74) is 3.70. The third kappa shape index (κ3) is 1.90. The van der Waals surface area contributed by atoms with Crippen LogP contribution in [0.2, 0.25) is 0 Å². The quantitative estimate of drug-likeness (QED) is 0.710. The summed E-state index contributed by atoms with van der Waals surface area (Å²) in [4.78, 5) is 24.6. The van der Waals surface area contributed by atoms with Crippen molar-refractivity contribution in [2.24, 2.45) is 5.41 Å². The Morgan fingerprint density at radius 3 is 1.94 bits per heavy atom. The second-order valence-corrected chi connectivity index (χ2v) is 6.14. The number of benzene rings is 1. The lowest BCUT2D eigenvalue weighted by molar-refractivity contribution is -0.126. The van der Waals surface area contributed by atoms with E-state index in [4.69, 9.17) is 0 Å². The molecule has 2 rings (SSSR count). The van der Waals surface area contributed by atoms with Crippen molar-refractivity contribution in [2.45, 2.75) is 47.0 Å². The topological polar surface area (TPSA) is 34.1 Å². The minimum absolute atomic E-state index is 0.0695. The molecule has 18 heavy (non-hydrogen) atoms. The van der Waals surface area contributed by atoms with Crippen molar-refractivity contribution in [3.63, 3.8) is 0 Å². The molecule has 0 radical (unpaired) electrons. The van der Waals surface area contributed by atoms with Gasteiger partial charge in [-0.15, -0.1) is 0 Å². The van der Waals surface area contributed by atoms with Crippen LogP contribution in [0.4, 0.5) is 0 Å². The van der Waals surface area contributed by atoms with E-state index < -0.39 is 11.3 Å². The Kier molecular flexibility index (Phi) is 2.92. The van der Waals surface area contributed by atoms with Crippen molar-refractivity contribution in [1.29, 1.82) is 0 Å². The van der Waals surface area contributed by atoms with E-state index >= 15 is 0 Å². The molecule has 1 aromatic carbocycles. The maximum absolute atomic E-state index is 12.4. The van der Waals surface area contributed by atoms with Gasteiger partial charge in [0.05, 0.1) is 0 Å². The summed E-state index contributed by atoms with van der Waals surface area (Å²) in [5.74, 6) is -0.400. The molecule has 0 spiro atoms. The molecule has 1 fully saturated rings. The predicted molar refractivity (Wildman–Crippen MR) is 71.8 cm³/mol. The van der Waals surface area contributed by atoms with Crippen LogP contribution in [0, 0.1) is 26.2 Å². The second-order valence-electron chi connectivity index (χ2n) is 6.14. The fourth-order valence-corrected chi connectivity index (χ4v) is 3.10. The van der Waals surface area contributed by atoms with Gasteiger partial charge in [0.15, 0.2) is 5.78 Å². The van der Waals surface area contributed by atoms with E-state index in [0.717, 1.165) is 16.7 Å². The lowest BCUT2D eigenvalue weighted by atomic mass is 9.83. The van der Waals surface area contributed by atoms with Gasteiger partial charge in [0, 0.05) is 11.8 Å². The Hall–Kier alpha value is -1.44. The number of aryl methyl sites for hydroxylation is 3. The van der Waals surface area contributed by atoms with Crippen LogP contribution in [0.25, 0.3) is 0 Å². The van der Waals surface area contributed by atoms with Gasteiger partial charge in [0.1, 0.15) is 11.7 Å². The van der Waals surface area contributed by atoms with E-state index in [1.54, 1.807) is 0 Å². The molecule has 2 heteroatoms. The molecule has 1 aliphatic rings. The van der Waals surface area contributed by atoms with Gasteiger partial charge >= 0.3 is 0 Å². The highest BCUT2D eigenvalue weighted by Gasteiger charge is 2.48. The SMILES string of the molecule is Cc1cc(C)c(C2C(=O)CC(C)(C)C2=O)c(C)c1. The number of hydrogen-bond acceptors (Lipinski definition) is 2. The number of Topliss-reactive ketones (excluding diaryl/α,β-unsaturated/α-hetero) is 2. The fraction of sp³-hybridized carbons (Fsp3) is 0.500. The van der Waals surface area contributed by atoms with Crippen molar-refractivity contribution in [1.82, 2.24) is 0 Å². The van der Waals surface area contributed by atoms with Crippen LogP contribution in [0.1, 0.15) is 48.4 Å². The molecule has 0 N–H and O–H groups in total. The van der Waals surface area contributed by atoms with Gasteiger partial charge in [-0.25, -0.2) is 0 Å². The van der Waals surface area contributed by atoms with Gasteiger partial charge < -0.3 is 0 Å². The van der Waals surface area contributed by atoms with Crippen LogP contribution in [-0.4, -0.2) is 11.6 Å². The summed E-state index contributed by atoms with van der Waals surface area (Å²) < 4.78 is 0. The molecule has 1 saturated carbocycles. The van der Waals surface area contributed by atoms with E-state index in [1.165, 1.54) is 5.56 Å². The molecule has 96 valence electrons. The zero-order chi connectivity index (χ0) is 13.7. The first kappa shape index (κ1) is 13.0. The van der Waals surface area contributed by atoms with Crippen LogP contribution in [0.5, 0.6) is 0 Å². The molecule has 0 aliphatic heterocycles. The first-order chi connectivity index (χ1) is 8.24. The Balaban J connectivity index is 2.57. The molecule has 1 atom stereocenters. The molecule has 0 bridgehead atoms. The van der Waals surface area contributed by atoms with Crippen molar-refractivity contribution < 1.29 is 9.59 Å². The highest BCUT2D eigenvalue weighted by atomic mass is 16.2. The summed E-state index contributed by atoms with van der Waals surface area (Å²) >= 11 is 0. The molecule has 1 aromatic rings. The summed E-state index contributed by atoms with van der Waals surface area (Å²) in [6.45, 7) is 9.74. The Labute approximate surface area is 108 Å². The highest BCUT2D eigenvalue weighted by molar-refractivity contribution is 6.16. The number of ketones is 2. The van der Waals surface area contributed by atoms with Gasteiger partial charge in [0.25, 0.3) is 0 Å². The summed E-state index contributed by atoms with van der Waals surface area (Å²) in [7, 11) is 0. The monoisotopic (exact) mass is 244 g/mol. The second kappa shape index (κ2) is 4.04. The molecular formula is C16H20O2. The third-order valence-electron chi connectivity index (χ3n) is 3.89. The van der Waals surface area contributed by atoms with E-state index in [2.05, 4.69) is 0 Å². The molecular weight excluding hydrogens is 224 g/mol. The first-order valence-electron chi connectivity index (χ1n) is 6.39. The van der Waals surface area contributed by atoms with Crippen LogP contribution < -0.4 is 0 Å². The van der Waals surface area contributed by atoms with E-state index in [-0.39, 0.29) is 11.6 Å². The van der Waals surface area contributed by atoms with E-state index in [9.17, 15) is 9.59 Å². The molecule has 1 aliphatic carbocycles. The molecule has 2 nitrogen and oxygen atoms in total. The van der Waals surface area contributed by atoms with Crippen molar-refractivity contribution >= 4 is 11.6 Å². The predicted octanol–water partition coefficient (Wildman–Crippen LogP) is 3.26. The largest absolute Gasteiger partial charge is 0.298 e. The molecule has 0 amide bonds. The van der Waals surface area contributed by atoms with Gasteiger partial charge in [-0.1, -0.05) is 31.5 Å². The minimum Gasteiger partial charge on any atom is -0.298 e. The normalized spacial score (nSPS) is 22.6. The lowest BCUT2D eigenvalue weighted by Gasteiger charge is -2.18. The average Bonchev–Trinajstić information content (AvgIpc) is 2.38. The smallest absolute Gasteiger partial charge is 0.153 e. The zero-order valence-corrected chi connectivity index (χ0v) is 11.8. The van der Waals surface area contributed by atoms with Crippen molar-refractivity contribution in [3.05, 3.63) is 34.4 Å². The summed E-state index contributed by atoms with van der Waals surface area (Å²) in [6.07, 6.45) is 0.364. The van der Waals surface area contributed by atoms with Crippen molar-refractivity contribution in [2.75, 3.05) is 0 Å². The van der Waals surface area contributed by atoms with E-state index in [1.807, 2.05) is 46.8 Å². The Bertz CT molecular complexity index is 515. The van der Waals surface area contributed by atoms with Crippen LogP contribution in [0.3, 0.4) is 0 Å². The van der Waals surface area contributed by atoms with Crippen molar-refractivity contribution in [3.8, 4) is 0 Å². The lowest BCUT2D eigenvalue weighted by Crippen LogP contribution is -2.22. The average molecular weight is 244 g/mol. The maximum Gasteiger partial charge on any atom is 0.153 e. The summed E-state index contributed by atoms with van der Waals surface area (Å²) in [5, 5.41) is 0. The maximum atomic E-state index is 12.4. The number of hydrogen-bond donors (Lipinski definition) is 0. The molecule has 0 heterocycles. The van der Waals surface area contributed by atoms with Gasteiger partial charge in [-0.05, 0) is 37.5 Å². The molecule has 1 unspecified atom stereocenters. The van der Waals surface area contributed by atoms with Crippen LogP contribution in [-0.2, 0) is 9.59 Å². The Morgan fingerprint density at radius 2 is 1.56 bits per heavy atom. The minimum atomic E-state index is -0.541. The standard InChI is InChI=1S/C16H20O2/c1-9-6-10(2)13(11(3)7-9)14-12(17)8-16(4,5)15(14)18/h6-7,14H,8H2,1-5H3. The number of rotatable bonds is 1. The number of carbonyl (C=O) groups excluding carboxylic acids is 2. The first-order valence-corrected chi connectivity index (χ1v) is 6.39. The highest BCUT2D eigenvalue weighted by Crippen LogP contribution is 2.42. The fourth-order valence-electron chi connectivity index (χ4n) is 3.10. The number of carbonyl (C=O) groups is 2. The van der Waals surface area contributed by atoms with Gasteiger partial charge in [0.2, 0.25) is 0 Å². The third-order valence-corrected chi connectivity index (χ3v) is 3.89. The zero-order valence-electron chi connectivity index (χ0n) is 11.8. The molecule has 0 saturated heterocycles. The Morgan fingerprint density at radius 1 is 1.06 bits per heavy atom. The van der Waals surface area contributed by atoms with Gasteiger partial charge in [-0.3, -0.25) is 9.59 Å². The molecule has 0 aromatic heterocycles. The summed E-state index contributed by atoms with van der Waals surface area (Å²) in [6, 6.07) is 4.10.